The van der Waals surface area contributed by atoms with Gasteiger partial charge in [-0.25, -0.2) is 4.98 Å². The van der Waals surface area contributed by atoms with Crippen LogP contribution in [0.25, 0.3) is 0 Å². The maximum atomic E-state index is 9.32. The highest BCUT2D eigenvalue weighted by Gasteiger charge is 2.13. The molecule has 0 saturated carbocycles. The van der Waals surface area contributed by atoms with Crippen LogP contribution in [0.5, 0.6) is 0 Å². The SMILES string of the molecule is CC(O)CN(C)Cc1ccc(N2CCCC2)nc1. The molecular weight excluding hydrogens is 226 g/mol. The van der Waals surface area contributed by atoms with Gasteiger partial charge in [0.15, 0.2) is 0 Å². The molecule has 1 saturated heterocycles. The van der Waals surface area contributed by atoms with Crippen LogP contribution in [-0.2, 0) is 6.54 Å². The molecule has 1 aliphatic heterocycles. The fourth-order valence-electron chi connectivity index (χ4n) is 2.47. The zero-order chi connectivity index (χ0) is 13.0. The molecule has 1 aliphatic rings. The normalized spacial score (nSPS) is 17.4. The van der Waals surface area contributed by atoms with Crippen LogP contribution < -0.4 is 4.90 Å². The highest BCUT2D eigenvalue weighted by molar-refractivity contribution is 5.40. The van der Waals surface area contributed by atoms with Crippen molar-refractivity contribution in [3.05, 3.63) is 23.9 Å². The Hall–Kier alpha value is -1.13. The summed E-state index contributed by atoms with van der Waals surface area (Å²) in [7, 11) is 2.01. The zero-order valence-corrected chi connectivity index (χ0v) is 11.3. The summed E-state index contributed by atoms with van der Waals surface area (Å²) < 4.78 is 0. The molecule has 4 heteroatoms. The first-order valence-electron chi connectivity index (χ1n) is 6.71. The Bertz CT molecular complexity index is 358. The third-order valence-corrected chi connectivity index (χ3v) is 3.27. The Labute approximate surface area is 109 Å². The van der Waals surface area contributed by atoms with Crippen LogP contribution >= 0.6 is 0 Å². The van der Waals surface area contributed by atoms with Crippen LogP contribution in [0.1, 0.15) is 25.3 Å². The molecule has 1 N–H and O–H groups in total. The molecule has 0 aromatic carbocycles. The van der Waals surface area contributed by atoms with Gasteiger partial charge in [0.1, 0.15) is 5.82 Å². The van der Waals surface area contributed by atoms with Gasteiger partial charge in [-0.3, -0.25) is 4.90 Å². The average Bonchev–Trinajstić information content (AvgIpc) is 2.82. The molecule has 4 nitrogen and oxygen atoms in total. The van der Waals surface area contributed by atoms with Crippen LogP contribution in [0, 0.1) is 0 Å². The summed E-state index contributed by atoms with van der Waals surface area (Å²) >= 11 is 0. The van der Waals surface area contributed by atoms with Crippen LogP contribution in [0.2, 0.25) is 0 Å². The lowest BCUT2D eigenvalue weighted by atomic mass is 10.2. The second-order valence-corrected chi connectivity index (χ2v) is 5.26. The van der Waals surface area contributed by atoms with Gasteiger partial charge in [0, 0.05) is 32.4 Å². The summed E-state index contributed by atoms with van der Waals surface area (Å²) in [6.07, 6.45) is 4.22. The number of hydrogen-bond donors (Lipinski definition) is 1. The van der Waals surface area contributed by atoms with E-state index in [1.807, 2.05) is 20.2 Å². The van der Waals surface area contributed by atoms with Gasteiger partial charge in [-0.2, -0.15) is 0 Å². The molecule has 18 heavy (non-hydrogen) atoms. The van der Waals surface area contributed by atoms with E-state index in [2.05, 4.69) is 26.9 Å². The van der Waals surface area contributed by atoms with Gasteiger partial charge < -0.3 is 10.0 Å². The monoisotopic (exact) mass is 249 g/mol. The van der Waals surface area contributed by atoms with Crippen molar-refractivity contribution >= 4 is 5.82 Å². The van der Waals surface area contributed by atoms with E-state index in [0.29, 0.717) is 6.54 Å². The number of likely N-dealkylation sites (N-methyl/N-ethyl adjacent to an activating group) is 1. The van der Waals surface area contributed by atoms with Crippen molar-refractivity contribution in [3.8, 4) is 0 Å². The number of hydrogen-bond acceptors (Lipinski definition) is 4. The number of aromatic nitrogens is 1. The Kier molecular flexibility index (Phi) is 4.55. The maximum absolute atomic E-state index is 9.32. The predicted octanol–water partition coefficient (Wildman–Crippen LogP) is 1.49. The first-order chi connectivity index (χ1) is 8.65. The largest absolute Gasteiger partial charge is 0.392 e. The van der Waals surface area contributed by atoms with Crippen LogP contribution in [0.4, 0.5) is 5.82 Å². The standard InChI is InChI=1S/C14H23N3O/c1-12(18)10-16(2)11-13-5-6-14(15-9-13)17-7-3-4-8-17/h5-6,9,12,18H,3-4,7-8,10-11H2,1-2H3. The number of aliphatic hydroxyl groups excluding tert-OH is 1. The topological polar surface area (TPSA) is 39.6 Å². The molecule has 1 fully saturated rings. The third kappa shape index (κ3) is 3.68. The smallest absolute Gasteiger partial charge is 0.128 e. The van der Waals surface area contributed by atoms with E-state index in [-0.39, 0.29) is 6.10 Å². The molecule has 1 aromatic rings. The number of rotatable bonds is 5. The second kappa shape index (κ2) is 6.16. The molecule has 0 spiro atoms. The van der Waals surface area contributed by atoms with E-state index in [0.717, 1.165) is 25.5 Å². The molecule has 1 aromatic heterocycles. The predicted molar refractivity (Wildman–Crippen MR) is 73.7 cm³/mol. The fourth-order valence-corrected chi connectivity index (χ4v) is 2.47. The molecule has 1 atom stereocenters. The minimum atomic E-state index is -0.285. The number of pyridine rings is 1. The molecule has 0 aliphatic carbocycles. The van der Waals surface area contributed by atoms with Gasteiger partial charge in [-0.05, 0) is 38.4 Å². The molecule has 0 bridgehead atoms. The van der Waals surface area contributed by atoms with Crippen molar-refractivity contribution in [2.75, 3.05) is 31.6 Å². The first-order valence-corrected chi connectivity index (χ1v) is 6.71. The summed E-state index contributed by atoms with van der Waals surface area (Å²) in [5, 5.41) is 9.32. The summed E-state index contributed by atoms with van der Waals surface area (Å²) in [6.45, 7) is 5.60. The van der Waals surface area contributed by atoms with Gasteiger partial charge in [-0.15, -0.1) is 0 Å². The van der Waals surface area contributed by atoms with Gasteiger partial charge in [-0.1, -0.05) is 6.07 Å². The van der Waals surface area contributed by atoms with Crippen molar-refractivity contribution in [3.63, 3.8) is 0 Å². The highest BCUT2D eigenvalue weighted by Crippen LogP contribution is 2.17. The van der Waals surface area contributed by atoms with Crippen molar-refractivity contribution in [1.29, 1.82) is 0 Å². The lowest BCUT2D eigenvalue weighted by Crippen LogP contribution is -2.26. The van der Waals surface area contributed by atoms with Gasteiger partial charge >= 0.3 is 0 Å². The van der Waals surface area contributed by atoms with Gasteiger partial charge in [0.25, 0.3) is 0 Å². The van der Waals surface area contributed by atoms with Crippen LogP contribution in [0.3, 0.4) is 0 Å². The molecule has 100 valence electrons. The first kappa shape index (κ1) is 13.3. The lowest BCUT2D eigenvalue weighted by Gasteiger charge is -2.19. The van der Waals surface area contributed by atoms with E-state index in [4.69, 9.17) is 0 Å². The van der Waals surface area contributed by atoms with E-state index < -0.39 is 0 Å². The van der Waals surface area contributed by atoms with Crippen LogP contribution in [0.15, 0.2) is 18.3 Å². The van der Waals surface area contributed by atoms with Gasteiger partial charge in [0.2, 0.25) is 0 Å². The van der Waals surface area contributed by atoms with E-state index in [9.17, 15) is 5.11 Å². The zero-order valence-electron chi connectivity index (χ0n) is 11.3. The van der Waals surface area contributed by atoms with Crippen molar-refractivity contribution in [2.45, 2.75) is 32.4 Å². The number of anilines is 1. The van der Waals surface area contributed by atoms with E-state index in [1.165, 1.54) is 18.4 Å². The summed E-state index contributed by atoms with van der Waals surface area (Å²) in [5.74, 6) is 1.09. The van der Waals surface area contributed by atoms with Crippen LogP contribution in [-0.4, -0.2) is 47.8 Å². The van der Waals surface area contributed by atoms with Crippen molar-refractivity contribution < 1.29 is 5.11 Å². The minimum absolute atomic E-state index is 0.285. The molecule has 0 radical (unpaired) electrons. The fraction of sp³-hybridized carbons (Fsp3) is 0.643. The third-order valence-electron chi connectivity index (χ3n) is 3.27. The average molecular weight is 249 g/mol. The maximum Gasteiger partial charge on any atom is 0.128 e. The van der Waals surface area contributed by atoms with Crippen molar-refractivity contribution in [1.82, 2.24) is 9.88 Å². The Morgan fingerprint density at radius 2 is 2.11 bits per heavy atom. The Balaban J connectivity index is 1.90. The molecule has 2 heterocycles. The Morgan fingerprint density at radius 1 is 1.39 bits per heavy atom. The molecule has 0 amide bonds. The van der Waals surface area contributed by atoms with E-state index in [1.54, 1.807) is 0 Å². The highest BCUT2D eigenvalue weighted by atomic mass is 16.3. The second-order valence-electron chi connectivity index (χ2n) is 5.26. The van der Waals surface area contributed by atoms with Crippen molar-refractivity contribution in [2.24, 2.45) is 0 Å². The summed E-state index contributed by atoms with van der Waals surface area (Å²) in [4.78, 5) is 8.97. The summed E-state index contributed by atoms with van der Waals surface area (Å²) in [6, 6.07) is 4.25. The minimum Gasteiger partial charge on any atom is -0.392 e. The number of nitrogens with zero attached hydrogens (tertiary/aromatic N) is 3. The molecule has 2 rings (SSSR count). The molecular formula is C14H23N3O. The van der Waals surface area contributed by atoms with E-state index >= 15 is 0 Å². The Morgan fingerprint density at radius 3 is 2.67 bits per heavy atom. The summed E-state index contributed by atoms with van der Waals surface area (Å²) in [5.41, 5.74) is 1.20. The quantitative estimate of drug-likeness (QED) is 0.858. The number of aliphatic hydroxyl groups is 1. The molecule has 1 unspecified atom stereocenters. The van der Waals surface area contributed by atoms with Gasteiger partial charge in [0.05, 0.1) is 6.10 Å². The lowest BCUT2D eigenvalue weighted by molar-refractivity contribution is 0.138.